The second-order valence-electron chi connectivity index (χ2n) is 11.4. The number of fused-ring (bicyclic) bond motifs is 1. The Morgan fingerprint density at radius 1 is 0.514 bits per heavy atom. The van der Waals surface area contributed by atoms with Gasteiger partial charge in [-0.3, -0.25) is 0 Å². The van der Waals surface area contributed by atoms with Gasteiger partial charge >= 0.3 is 0 Å². The van der Waals surface area contributed by atoms with Gasteiger partial charge < -0.3 is 10.7 Å². The van der Waals surface area contributed by atoms with Crippen LogP contribution in [-0.4, -0.2) is 4.98 Å². The minimum absolute atomic E-state index is 0.466. The molecule has 35 heavy (non-hydrogen) atoms. The van der Waals surface area contributed by atoms with Crippen molar-refractivity contribution >= 4 is 81.4 Å². The third-order valence-corrected chi connectivity index (χ3v) is 8.55. The van der Waals surface area contributed by atoms with E-state index in [4.69, 9.17) is 5.73 Å². The Labute approximate surface area is 203 Å². The lowest BCUT2D eigenvalue weighted by atomic mass is 9.82. The lowest BCUT2D eigenvalue weighted by Crippen LogP contribution is -1.97. The Balaban J connectivity index is 1.74. The minimum atomic E-state index is 0.466. The highest BCUT2D eigenvalue weighted by Gasteiger charge is 2.25. The third-order valence-electron chi connectivity index (χ3n) is 8.55. The summed E-state index contributed by atoms with van der Waals surface area (Å²) in [6, 6.07) is 18.9. The van der Waals surface area contributed by atoms with Gasteiger partial charge in [-0.1, -0.05) is 58.0 Å². The van der Waals surface area contributed by atoms with Gasteiger partial charge in [-0.05, 0) is 91.4 Å². The molecule has 0 saturated carbocycles. The first-order valence-electron chi connectivity index (χ1n) is 12.8. The SMILES string of the molecule is Cc1cc2cc(C(C)C)cc3cc4[nH]c5cc6cc(C(C)C)cc7cc(N)c8c1c(c23)c4c5c8c76. The number of nitrogen functional groups attached to an aromatic ring is 1. The van der Waals surface area contributed by atoms with Crippen molar-refractivity contribution in [1.82, 2.24) is 4.98 Å². The van der Waals surface area contributed by atoms with Crippen LogP contribution in [0.5, 0.6) is 0 Å². The van der Waals surface area contributed by atoms with E-state index in [1.54, 1.807) is 0 Å². The number of rotatable bonds is 2. The number of hydrogen-bond donors (Lipinski definition) is 2. The first-order chi connectivity index (χ1) is 16.8. The van der Waals surface area contributed by atoms with E-state index >= 15 is 0 Å². The predicted molar refractivity (Wildman–Crippen MR) is 154 cm³/mol. The fraction of sp³-hybridized carbons (Fsp3) is 0.212. The number of H-pyrrole nitrogens is 1. The zero-order chi connectivity index (χ0) is 23.9. The Morgan fingerprint density at radius 3 is 1.49 bits per heavy atom. The average Bonchev–Trinajstić information content (AvgIpc) is 3.17. The fourth-order valence-electron chi connectivity index (χ4n) is 6.94. The Morgan fingerprint density at radius 2 is 0.971 bits per heavy atom. The number of nitrogens with one attached hydrogen (secondary N) is 1. The van der Waals surface area contributed by atoms with Crippen molar-refractivity contribution in [2.24, 2.45) is 0 Å². The molecule has 0 amide bonds. The highest BCUT2D eigenvalue weighted by Crippen LogP contribution is 2.52. The summed E-state index contributed by atoms with van der Waals surface area (Å²) >= 11 is 0. The van der Waals surface area contributed by atoms with Crippen LogP contribution in [0, 0.1) is 6.92 Å². The molecule has 170 valence electrons. The maximum atomic E-state index is 6.95. The van der Waals surface area contributed by atoms with Crippen LogP contribution in [0.2, 0.25) is 0 Å². The molecular formula is C33H28N2. The molecule has 0 bridgehead atoms. The van der Waals surface area contributed by atoms with E-state index in [0.29, 0.717) is 11.8 Å². The van der Waals surface area contributed by atoms with Gasteiger partial charge in [0.1, 0.15) is 0 Å². The van der Waals surface area contributed by atoms with E-state index < -0.39 is 0 Å². The molecule has 0 unspecified atom stereocenters. The van der Waals surface area contributed by atoms with Crippen LogP contribution in [0.25, 0.3) is 75.7 Å². The molecular weight excluding hydrogens is 424 g/mol. The van der Waals surface area contributed by atoms with Crippen molar-refractivity contribution in [3.8, 4) is 0 Å². The number of aromatic nitrogens is 1. The normalized spacial score (nSPS) is 13.3. The number of anilines is 1. The molecule has 0 aliphatic carbocycles. The van der Waals surface area contributed by atoms with Crippen LogP contribution >= 0.6 is 0 Å². The van der Waals surface area contributed by atoms with E-state index in [1.165, 1.54) is 92.4 Å². The first kappa shape index (κ1) is 19.5. The van der Waals surface area contributed by atoms with Gasteiger partial charge in [0, 0.05) is 43.7 Å². The minimum Gasteiger partial charge on any atom is -0.398 e. The molecule has 0 atom stereocenters. The van der Waals surface area contributed by atoms with E-state index in [9.17, 15) is 0 Å². The summed E-state index contributed by atoms with van der Waals surface area (Å²) in [4.78, 5) is 3.83. The predicted octanol–water partition coefficient (Wildman–Crippen LogP) is 9.54. The number of nitrogens with two attached hydrogens (primary N) is 1. The van der Waals surface area contributed by atoms with Crippen molar-refractivity contribution in [1.29, 1.82) is 0 Å². The van der Waals surface area contributed by atoms with Crippen LogP contribution in [0.15, 0.2) is 48.5 Å². The Kier molecular flexibility index (Phi) is 3.38. The summed E-state index contributed by atoms with van der Waals surface area (Å²) in [6.45, 7) is 11.3. The third kappa shape index (κ3) is 2.22. The second-order valence-corrected chi connectivity index (χ2v) is 11.4. The Bertz CT molecular complexity index is 1970. The monoisotopic (exact) mass is 452 g/mol. The summed E-state index contributed by atoms with van der Waals surface area (Å²) in [6.07, 6.45) is 0. The maximum absolute atomic E-state index is 6.95. The standard InChI is InChI=1S/C33H28N2/c1-14(2)17-7-19-6-16(5)26-29-23(34)11-20-8-18(15(3)4)10-22-13-25-31(33(29)28(20)22)30-24(35-25)12-21(9-17)27(19)32(26)30/h6-15,35H,34H2,1-5H3. The zero-order valence-electron chi connectivity index (χ0n) is 20.9. The molecule has 0 saturated heterocycles. The van der Waals surface area contributed by atoms with Gasteiger partial charge in [0.05, 0.1) is 0 Å². The van der Waals surface area contributed by atoms with Gasteiger partial charge in [-0.15, -0.1) is 0 Å². The van der Waals surface area contributed by atoms with E-state index in [1.807, 2.05) is 0 Å². The fourth-order valence-corrected chi connectivity index (χ4v) is 6.94. The zero-order valence-corrected chi connectivity index (χ0v) is 20.9. The average molecular weight is 453 g/mol. The maximum Gasteiger partial charge on any atom is 0.0477 e. The molecule has 3 N–H and O–H groups in total. The summed E-state index contributed by atoms with van der Waals surface area (Å²) < 4.78 is 0. The molecule has 0 aliphatic rings. The summed E-state index contributed by atoms with van der Waals surface area (Å²) in [5.41, 5.74) is 14.3. The molecule has 0 fully saturated rings. The lowest BCUT2D eigenvalue weighted by Gasteiger charge is -2.21. The molecule has 2 heteroatoms. The molecule has 1 aromatic heterocycles. The first-order valence-corrected chi connectivity index (χ1v) is 12.8. The van der Waals surface area contributed by atoms with Crippen molar-refractivity contribution in [2.75, 3.05) is 5.73 Å². The highest BCUT2D eigenvalue weighted by molar-refractivity contribution is 6.47. The van der Waals surface area contributed by atoms with Crippen LogP contribution in [0.1, 0.15) is 56.2 Å². The molecule has 8 aromatic rings. The number of aromatic amines is 1. The van der Waals surface area contributed by atoms with Crippen molar-refractivity contribution < 1.29 is 0 Å². The molecule has 1 heterocycles. The molecule has 7 aromatic carbocycles. The van der Waals surface area contributed by atoms with Crippen molar-refractivity contribution in [3.05, 3.63) is 65.2 Å². The second kappa shape index (κ2) is 6.07. The largest absolute Gasteiger partial charge is 0.398 e. The molecule has 0 spiro atoms. The molecule has 0 aliphatic heterocycles. The van der Waals surface area contributed by atoms with Crippen molar-refractivity contribution in [2.45, 2.75) is 46.5 Å². The van der Waals surface area contributed by atoms with Crippen LogP contribution in [0.3, 0.4) is 0 Å². The van der Waals surface area contributed by atoms with Gasteiger partial charge in [-0.25, -0.2) is 0 Å². The van der Waals surface area contributed by atoms with E-state index in [-0.39, 0.29) is 0 Å². The van der Waals surface area contributed by atoms with Gasteiger partial charge in [0.25, 0.3) is 0 Å². The van der Waals surface area contributed by atoms with Crippen molar-refractivity contribution in [3.63, 3.8) is 0 Å². The van der Waals surface area contributed by atoms with Crippen LogP contribution in [0.4, 0.5) is 5.69 Å². The number of hydrogen-bond acceptors (Lipinski definition) is 1. The molecule has 2 nitrogen and oxygen atoms in total. The topological polar surface area (TPSA) is 41.8 Å². The summed E-state index contributed by atoms with van der Waals surface area (Å²) in [5, 5.41) is 15.9. The summed E-state index contributed by atoms with van der Waals surface area (Å²) in [5.74, 6) is 0.954. The highest BCUT2D eigenvalue weighted by atomic mass is 14.7. The smallest absolute Gasteiger partial charge is 0.0477 e. The number of aryl methyl sites for hydroxylation is 1. The van der Waals surface area contributed by atoms with E-state index in [2.05, 4.69) is 88.1 Å². The van der Waals surface area contributed by atoms with Gasteiger partial charge in [-0.2, -0.15) is 0 Å². The van der Waals surface area contributed by atoms with Gasteiger partial charge in [0.15, 0.2) is 0 Å². The lowest BCUT2D eigenvalue weighted by molar-refractivity contribution is 0.870. The Hall–Kier alpha value is -3.78. The molecule has 8 rings (SSSR count). The number of benzene rings is 7. The van der Waals surface area contributed by atoms with E-state index in [0.717, 1.165) is 5.69 Å². The quantitative estimate of drug-likeness (QED) is 0.153. The van der Waals surface area contributed by atoms with Gasteiger partial charge in [0.2, 0.25) is 0 Å². The van der Waals surface area contributed by atoms with Crippen LogP contribution in [-0.2, 0) is 0 Å². The summed E-state index contributed by atoms with van der Waals surface area (Å²) in [7, 11) is 0. The van der Waals surface area contributed by atoms with Crippen LogP contribution < -0.4 is 5.73 Å². The molecule has 0 radical (unpaired) electrons.